The lowest BCUT2D eigenvalue weighted by Crippen LogP contribution is -2.07. The number of fused-ring (bicyclic) bond motifs is 1. The topological polar surface area (TPSA) is 78.7 Å². The lowest BCUT2D eigenvalue weighted by atomic mass is 9.94. The minimum atomic E-state index is -0.272. The van der Waals surface area contributed by atoms with Crippen LogP contribution in [0, 0.1) is 11.3 Å². The number of hydrogen-bond donors (Lipinski definition) is 1. The minimum Gasteiger partial charge on any atom is -0.323 e. The number of carbonyl (C=O) groups is 1. The van der Waals surface area contributed by atoms with Crippen molar-refractivity contribution < 1.29 is 4.79 Å². The third-order valence-electron chi connectivity index (χ3n) is 4.59. The fraction of sp³-hybridized carbons (Fsp3) is 0. The zero-order valence-electron chi connectivity index (χ0n) is 15.5. The maximum atomic E-state index is 11.7. The predicted octanol–water partition coefficient (Wildman–Crippen LogP) is 4.96. The van der Waals surface area contributed by atoms with Crippen molar-refractivity contribution in [1.29, 1.82) is 5.26 Å². The summed E-state index contributed by atoms with van der Waals surface area (Å²) in [5, 5.41) is 13.2. The van der Waals surface area contributed by atoms with Crippen LogP contribution in [0.3, 0.4) is 0 Å². The van der Waals surface area contributed by atoms with Gasteiger partial charge < -0.3 is 5.32 Å². The van der Waals surface area contributed by atoms with Crippen molar-refractivity contribution >= 4 is 22.5 Å². The van der Waals surface area contributed by atoms with E-state index in [-0.39, 0.29) is 5.91 Å². The van der Waals surface area contributed by atoms with Gasteiger partial charge in [0, 0.05) is 22.8 Å². The minimum absolute atomic E-state index is 0.272. The van der Waals surface area contributed by atoms with Gasteiger partial charge in [-0.25, -0.2) is 9.97 Å². The van der Waals surface area contributed by atoms with Crippen molar-refractivity contribution in [3.63, 3.8) is 0 Å². The van der Waals surface area contributed by atoms with E-state index in [0.717, 1.165) is 33.2 Å². The van der Waals surface area contributed by atoms with Gasteiger partial charge in [-0.1, -0.05) is 36.9 Å². The highest BCUT2D eigenvalue weighted by Gasteiger charge is 2.12. The Bertz CT molecular complexity index is 1290. The van der Waals surface area contributed by atoms with Crippen molar-refractivity contribution in [2.75, 3.05) is 5.32 Å². The molecule has 29 heavy (non-hydrogen) atoms. The Morgan fingerprint density at radius 2 is 1.90 bits per heavy atom. The zero-order valence-corrected chi connectivity index (χ0v) is 15.5. The van der Waals surface area contributed by atoms with E-state index in [4.69, 9.17) is 0 Å². The molecule has 3 aromatic carbocycles. The van der Waals surface area contributed by atoms with E-state index in [2.05, 4.69) is 27.9 Å². The van der Waals surface area contributed by atoms with Crippen LogP contribution in [0.15, 0.2) is 85.8 Å². The molecule has 0 radical (unpaired) electrons. The number of nitrogens with zero attached hydrogens (tertiary/aromatic N) is 3. The summed E-state index contributed by atoms with van der Waals surface area (Å²) >= 11 is 0. The summed E-state index contributed by atoms with van der Waals surface area (Å²) in [5.41, 5.74) is 5.59. The third-order valence-corrected chi connectivity index (χ3v) is 4.59. The molecule has 1 N–H and O–H groups in total. The van der Waals surface area contributed by atoms with Gasteiger partial charge in [0.1, 0.15) is 6.33 Å². The monoisotopic (exact) mass is 376 g/mol. The molecular formula is C24H16N4O. The molecule has 0 aliphatic carbocycles. The molecule has 5 heteroatoms. The number of aromatic nitrogens is 2. The quantitative estimate of drug-likeness (QED) is 0.511. The number of carbonyl (C=O) groups excluding carboxylic acids is 1. The number of nitriles is 1. The van der Waals surface area contributed by atoms with E-state index in [9.17, 15) is 10.1 Å². The van der Waals surface area contributed by atoms with E-state index in [1.807, 2.05) is 54.6 Å². The van der Waals surface area contributed by atoms with E-state index < -0.39 is 0 Å². The molecule has 0 saturated heterocycles. The largest absolute Gasteiger partial charge is 0.323 e. The van der Waals surface area contributed by atoms with Gasteiger partial charge in [-0.3, -0.25) is 4.79 Å². The van der Waals surface area contributed by atoms with Crippen LogP contribution in [0.2, 0.25) is 0 Å². The maximum absolute atomic E-state index is 11.7. The molecule has 1 amide bonds. The summed E-state index contributed by atoms with van der Waals surface area (Å²) in [5.74, 6) is -0.272. The van der Waals surface area contributed by atoms with Crippen molar-refractivity contribution in [3.05, 3.63) is 91.4 Å². The Hall–Kier alpha value is -4.30. The van der Waals surface area contributed by atoms with Gasteiger partial charge >= 0.3 is 0 Å². The smallest absolute Gasteiger partial charge is 0.247 e. The summed E-state index contributed by atoms with van der Waals surface area (Å²) in [6, 6.07) is 21.3. The molecule has 0 aliphatic heterocycles. The second-order valence-electron chi connectivity index (χ2n) is 6.42. The van der Waals surface area contributed by atoms with Crippen LogP contribution < -0.4 is 5.32 Å². The van der Waals surface area contributed by atoms with Gasteiger partial charge in [-0.05, 0) is 53.1 Å². The summed E-state index contributed by atoms with van der Waals surface area (Å²) in [6.07, 6.45) is 4.50. The highest BCUT2D eigenvalue weighted by molar-refractivity contribution is 6.01. The van der Waals surface area contributed by atoms with Crippen molar-refractivity contribution in [3.8, 4) is 28.3 Å². The first kappa shape index (κ1) is 18.1. The van der Waals surface area contributed by atoms with Crippen LogP contribution in [0.5, 0.6) is 0 Å². The SMILES string of the molecule is C=CC(=O)Nc1cccc(-c2cc(-c3ccccc3C#N)cc3cncnc23)c1. The number of nitrogens with one attached hydrogen (secondary N) is 1. The number of anilines is 1. The fourth-order valence-electron chi connectivity index (χ4n) is 3.27. The van der Waals surface area contributed by atoms with Gasteiger partial charge in [0.25, 0.3) is 0 Å². The predicted molar refractivity (Wildman–Crippen MR) is 114 cm³/mol. The van der Waals surface area contributed by atoms with Gasteiger partial charge in [0.05, 0.1) is 17.1 Å². The molecule has 4 rings (SSSR count). The van der Waals surface area contributed by atoms with Crippen molar-refractivity contribution in [1.82, 2.24) is 9.97 Å². The number of benzene rings is 3. The molecule has 138 valence electrons. The summed E-state index contributed by atoms with van der Waals surface area (Å²) in [6.45, 7) is 3.48. The van der Waals surface area contributed by atoms with Crippen LogP contribution in [-0.4, -0.2) is 15.9 Å². The average Bonchev–Trinajstić information content (AvgIpc) is 2.78. The van der Waals surface area contributed by atoms with Gasteiger partial charge in [-0.15, -0.1) is 0 Å². The van der Waals surface area contributed by atoms with Crippen molar-refractivity contribution in [2.45, 2.75) is 0 Å². The zero-order chi connectivity index (χ0) is 20.2. The second-order valence-corrected chi connectivity index (χ2v) is 6.42. The second kappa shape index (κ2) is 7.75. The number of amides is 1. The Morgan fingerprint density at radius 1 is 1.03 bits per heavy atom. The molecule has 0 aliphatic rings. The lowest BCUT2D eigenvalue weighted by Gasteiger charge is -2.12. The van der Waals surface area contributed by atoms with Crippen LogP contribution >= 0.6 is 0 Å². The summed E-state index contributed by atoms with van der Waals surface area (Å²) in [7, 11) is 0. The van der Waals surface area contributed by atoms with Gasteiger partial charge in [-0.2, -0.15) is 5.26 Å². The Kier molecular flexibility index (Phi) is 4.83. The van der Waals surface area contributed by atoms with Crippen LogP contribution in [0.4, 0.5) is 5.69 Å². The van der Waals surface area contributed by atoms with E-state index in [0.29, 0.717) is 11.3 Å². The Balaban J connectivity index is 1.93. The summed E-state index contributed by atoms with van der Waals surface area (Å²) in [4.78, 5) is 20.3. The molecule has 1 aromatic heterocycles. The van der Waals surface area contributed by atoms with E-state index >= 15 is 0 Å². The van der Waals surface area contributed by atoms with Crippen LogP contribution in [0.25, 0.3) is 33.2 Å². The number of rotatable bonds is 4. The number of hydrogen-bond acceptors (Lipinski definition) is 4. The lowest BCUT2D eigenvalue weighted by molar-refractivity contribution is -0.111. The molecule has 0 unspecified atom stereocenters. The van der Waals surface area contributed by atoms with E-state index in [1.165, 1.54) is 12.4 Å². The van der Waals surface area contributed by atoms with E-state index in [1.54, 1.807) is 12.3 Å². The normalized spacial score (nSPS) is 10.3. The highest BCUT2D eigenvalue weighted by atomic mass is 16.1. The molecular weight excluding hydrogens is 360 g/mol. The van der Waals surface area contributed by atoms with Crippen molar-refractivity contribution in [2.24, 2.45) is 0 Å². The highest BCUT2D eigenvalue weighted by Crippen LogP contribution is 2.34. The summed E-state index contributed by atoms with van der Waals surface area (Å²) < 4.78 is 0. The molecule has 1 heterocycles. The molecule has 0 saturated carbocycles. The first-order valence-corrected chi connectivity index (χ1v) is 8.96. The molecule has 0 fully saturated rings. The first-order chi connectivity index (χ1) is 14.2. The van der Waals surface area contributed by atoms with Gasteiger partial charge in [0.15, 0.2) is 0 Å². The average molecular weight is 376 g/mol. The first-order valence-electron chi connectivity index (χ1n) is 8.96. The van der Waals surface area contributed by atoms with Crippen LogP contribution in [0.1, 0.15) is 5.56 Å². The van der Waals surface area contributed by atoms with Gasteiger partial charge in [0.2, 0.25) is 5.91 Å². The van der Waals surface area contributed by atoms with Crippen LogP contribution in [-0.2, 0) is 4.79 Å². The Labute approximate surface area is 168 Å². The fourth-order valence-corrected chi connectivity index (χ4v) is 3.27. The molecule has 0 bridgehead atoms. The molecule has 4 aromatic rings. The molecule has 5 nitrogen and oxygen atoms in total. The third kappa shape index (κ3) is 3.60. The molecule has 0 atom stereocenters. The molecule has 0 spiro atoms. The standard InChI is InChI=1S/C24H16N4O/c1-2-23(29)28-20-8-5-7-16(11-20)22-12-18(10-19-14-26-15-27-24(19)22)21-9-4-3-6-17(21)13-25/h2-12,14-15H,1H2,(H,28,29). The maximum Gasteiger partial charge on any atom is 0.247 e. The Morgan fingerprint density at radius 3 is 2.72 bits per heavy atom.